The lowest BCUT2D eigenvalue weighted by atomic mass is 10.3. The van der Waals surface area contributed by atoms with Crippen molar-refractivity contribution < 1.29 is 9.47 Å². The van der Waals surface area contributed by atoms with Gasteiger partial charge < -0.3 is 19.7 Å². The van der Waals surface area contributed by atoms with Gasteiger partial charge in [0.2, 0.25) is 0 Å². The highest BCUT2D eigenvalue weighted by Gasteiger charge is 2.04. The van der Waals surface area contributed by atoms with E-state index in [9.17, 15) is 0 Å². The van der Waals surface area contributed by atoms with E-state index < -0.39 is 0 Å². The van der Waals surface area contributed by atoms with Gasteiger partial charge >= 0.3 is 0 Å². The summed E-state index contributed by atoms with van der Waals surface area (Å²) >= 11 is 0. The third kappa shape index (κ3) is 6.78. The molecule has 0 saturated heterocycles. The topological polar surface area (TPSA) is 33.7 Å². The molecule has 0 aliphatic rings. The molecular formula is C16H28N2O2. The lowest BCUT2D eigenvalue weighted by molar-refractivity contribution is 0.225. The fourth-order valence-corrected chi connectivity index (χ4v) is 1.81. The lowest BCUT2D eigenvalue weighted by Crippen LogP contribution is -2.34. The number of hydrogen-bond acceptors (Lipinski definition) is 4. The first-order valence-electron chi connectivity index (χ1n) is 7.40. The standard InChI is InChI=1S/C16H28N2O2/c1-5-19-15-8-6-7-9-16(15)20-13-12-18(4)11-10-17-14(2)3/h6-9,14,17H,5,10-13H2,1-4H3. The second-order valence-corrected chi connectivity index (χ2v) is 5.14. The van der Waals surface area contributed by atoms with Crippen LogP contribution in [0.5, 0.6) is 11.5 Å². The molecule has 0 bridgehead atoms. The van der Waals surface area contributed by atoms with E-state index in [-0.39, 0.29) is 0 Å². The van der Waals surface area contributed by atoms with Gasteiger partial charge in [0.1, 0.15) is 6.61 Å². The molecule has 0 aliphatic carbocycles. The van der Waals surface area contributed by atoms with Crippen LogP contribution in [0.2, 0.25) is 0 Å². The fraction of sp³-hybridized carbons (Fsp3) is 0.625. The largest absolute Gasteiger partial charge is 0.490 e. The van der Waals surface area contributed by atoms with Crippen LogP contribution in [0.1, 0.15) is 20.8 Å². The zero-order valence-electron chi connectivity index (χ0n) is 13.2. The Balaban J connectivity index is 2.26. The van der Waals surface area contributed by atoms with E-state index in [2.05, 4.69) is 31.1 Å². The van der Waals surface area contributed by atoms with Gasteiger partial charge in [-0.25, -0.2) is 0 Å². The summed E-state index contributed by atoms with van der Waals surface area (Å²) in [5.74, 6) is 1.64. The lowest BCUT2D eigenvalue weighted by Gasteiger charge is -2.19. The van der Waals surface area contributed by atoms with E-state index in [1.807, 2.05) is 31.2 Å². The quantitative estimate of drug-likeness (QED) is 0.713. The summed E-state index contributed by atoms with van der Waals surface area (Å²) in [4.78, 5) is 2.26. The molecule has 1 N–H and O–H groups in total. The average Bonchev–Trinajstić information content (AvgIpc) is 2.40. The highest BCUT2D eigenvalue weighted by atomic mass is 16.5. The molecular weight excluding hydrogens is 252 g/mol. The van der Waals surface area contributed by atoms with Gasteiger partial charge in [0.05, 0.1) is 6.61 Å². The van der Waals surface area contributed by atoms with Crippen molar-refractivity contribution in [3.63, 3.8) is 0 Å². The highest BCUT2D eigenvalue weighted by molar-refractivity contribution is 5.39. The third-order valence-corrected chi connectivity index (χ3v) is 2.93. The van der Waals surface area contributed by atoms with Crippen molar-refractivity contribution in [3.8, 4) is 11.5 Å². The second-order valence-electron chi connectivity index (χ2n) is 5.14. The molecule has 0 amide bonds. The van der Waals surface area contributed by atoms with Crippen LogP contribution < -0.4 is 14.8 Å². The molecule has 0 saturated carbocycles. The Morgan fingerprint density at radius 1 is 1.10 bits per heavy atom. The van der Waals surface area contributed by atoms with Gasteiger partial charge in [-0.15, -0.1) is 0 Å². The van der Waals surface area contributed by atoms with Crippen LogP contribution in [0, 0.1) is 0 Å². The number of nitrogens with one attached hydrogen (secondary N) is 1. The summed E-state index contributed by atoms with van der Waals surface area (Å²) in [5.41, 5.74) is 0. The van der Waals surface area contributed by atoms with Crippen LogP contribution >= 0.6 is 0 Å². The maximum absolute atomic E-state index is 5.80. The molecule has 0 unspecified atom stereocenters. The average molecular weight is 280 g/mol. The molecule has 0 fully saturated rings. The maximum atomic E-state index is 5.80. The number of likely N-dealkylation sites (N-methyl/N-ethyl adjacent to an activating group) is 1. The van der Waals surface area contributed by atoms with Gasteiger partial charge in [-0.05, 0) is 26.1 Å². The van der Waals surface area contributed by atoms with Crippen molar-refractivity contribution in [3.05, 3.63) is 24.3 Å². The smallest absolute Gasteiger partial charge is 0.161 e. The summed E-state index contributed by atoms with van der Waals surface area (Å²) in [5, 5.41) is 3.41. The normalized spacial score (nSPS) is 11.1. The Kier molecular flexibility index (Phi) is 8.07. The Bertz CT molecular complexity index is 369. The van der Waals surface area contributed by atoms with Crippen LogP contribution in [0.4, 0.5) is 0 Å². The molecule has 4 nitrogen and oxygen atoms in total. The van der Waals surface area contributed by atoms with Crippen LogP contribution in [0.25, 0.3) is 0 Å². The third-order valence-electron chi connectivity index (χ3n) is 2.93. The predicted molar refractivity (Wildman–Crippen MR) is 83.7 cm³/mol. The zero-order valence-corrected chi connectivity index (χ0v) is 13.2. The van der Waals surface area contributed by atoms with Crippen molar-refractivity contribution >= 4 is 0 Å². The second kappa shape index (κ2) is 9.61. The Hall–Kier alpha value is -1.26. The Labute approximate surface area is 123 Å². The molecule has 0 aromatic heterocycles. The van der Waals surface area contributed by atoms with Gasteiger partial charge in [-0.1, -0.05) is 26.0 Å². The minimum Gasteiger partial charge on any atom is -0.490 e. The zero-order chi connectivity index (χ0) is 14.8. The van der Waals surface area contributed by atoms with Crippen LogP contribution in [-0.2, 0) is 0 Å². The van der Waals surface area contributed by atoms with E-state index >= 15 is 0 Å². The molecule has 114 valence electrons. The number of hydrogen-bond donors (Lipinski definition) is 1. The summed E-state index contributed by atoms with van der Waals surface area (Å²) in [7, 11) is 2.11. The summed E-state index contributed by atoms with van der Waals surface area (Å²) in [6, 6.07) is 8.36. The van der Waals surface area contributed by atoms with Crippen molar-refractivity contribution in [1.82, 2.24) is 10.2 Å². The number of nitrogens with zero attached hydrogens (tertiary/aromatic N) is 1. The minimum absolute atomic E-state index is 0.540. The van der Waals surface area contributed by atoms with Crippen molar-refractivity contribution in [1.29, 1.82) is 0 Å². The molecule has 20 heavy (non-hydrogen) atoms. The SMILES string of the molecule is CCOc1ccccc1OCCN(C)CCNC(C)C. The Morgan fingerprint density at radius 2 is 1.75 bits per heavy atom. The number of ether oxygens (including phenoxy) is 2. The first kappa shape index (κ1) is 16.8. The van der Waals surface area contributed by atoms with Gasteiger partial charge in [0, 0.05) is 25.7 Å². The molecule has 0 radical (unpaired) electrons. The number of benzene rings is 1. The number of rotatable bonds is 10. The van der Waals surface area contributed by atoms with Gasteiger partial charge in [0.25, 0.3) is 0 Å². The fourth-order valence-electron chi connectivity index (χ4n) is 1.81. The van der Waals surface area contributed by atoms with E-state index in [1.54, 1.807) is 0 Å². The molecule has 0 heterocycles. The monoisotopic (exact) mass is 280 g/mol. The first-order chi connectivity index (χ1) is 9.63. The van der Waals surface area contributed by atoms with Crippen molar-refractivity contribution in [2.24, 2.45) is 0 Å². The van der Waals surface area contributed by atoms with E-state index in [4.69, 9.17) is 9.47 Å². The van der Waals surface area contributed by atoms with E-state index in [0.717, 1.165) is 31.1 Å². The van der Waals surface area contributed by atoms with Crippen LogP contribution in [0.15, 0.2) is 24.3 Å². The van der Waals surface area contributed by atoms with Gasteiger partial charge in [-0.2, -0.15) is 0 Å². The molecule has 1 aromatic carbocycles. The number of para-hydroxylation sites is 2. The summed E-state index contributed by atoms with van der Waals surface area (Å²) in [6.45, 7) is 10.6. The summed E-state index contributed by atoms with van der Waals surface area (Å²) in [6.07, 6.45) is 0. The van der Waals surface area contributed by atoms with Gasteiger partial charge in [-0.3, -0.25) is 0 Å². The van der Waals surface area contributed by atoms with Gasteiger partial charge in [0.15, 0.2) is 11.5 Å². The molecule has 1 aromatic rings. The van der Waals surface area contributed by atoms with Crippen molar-refractivity contribution in [2.45, 2.75) is 26.8 Å². The molecule has 0 atom stereocenters. The highest BCUT2D eigenvalue weighted by Crippen LogP contribution is 2.26. The molecule has 0 spiro atoms. The van der Waals surface area contributed by atoms with Crippen molar-refractivity contribution in [2.75, 3.05) is 39.9 Å². The minimum atomic E-state index is 0.540. The first-order valence-corrected chi connectivity index (χ1v) is 7.40. The van der Waals surface area contributed by atoms with E-state index in [1.165, 1.54) is 0 Å². The Morgan fingerprint density at radius 3 is 2.35 bits per heavy atom. The molecule has 0 aliphatic heterocycles. The summed E-state index contributed by atoms with van der Waals surface area (Å²) < 4.78 is 11.3. The molecule has 1 rings (SSSR count). The maximum Gasteiger partial charge on any atom is 0.161 e. The van der Waals surface area contributed by atoms with E-state index in [0.29, 0.717) is 19.3 Å². The van der Waals surface area contributed by atoms with Crippen LogP contribution in [0.3, 0.4) is 0 Å². The molecule has 4 heteroatoms. The van der Waals surface area contributed by atoms with Crippen LogP contribution in [-0.4, -0.2) is 50.8 Å². The predicted octanol–water partition coefficient (Wildman–Crippen LogP) is 2.39.